The van der Waals surface area contributed by atoms with Gasteiger partial charge in [-0.15, -0.1) is 11.6 Å². The number of alkyl halides is 1. The van der Waals surface area contributed by atoms with Gasteiger partial charge in [-0.3, -0.25) is 0 Å². The summed E-state index contributed by atoms with van der Waals surface area (Å²) < 4.78 is 10.5. The Morgan fingerprint density at radius 1 is 1.35 bits per heavy atom. The number of aliphatic hydroxyl groups excluding tert-OH is 1. The molecule has 1 rings (SSSR count). The standard InChI is InChI=1S/C13H17ClO3/c1-16-13-4-2-11(3-5-13)10-17-7-6-12(8-14)9-15/h2-6,15H,7-10H2,1H3/b12-6+. The highest BCUT2D eigenvalue weighted by Gasteiger charge is 1.95. The number of ether oxygens (including phenoxy) is 2. The van der Waals surface area contributed by atoms with E-state index in [2.05, 4.69) is 0 Å². The van der Waals surface area contributed by atoms with Gasteiger partial charge in [0.2, 0.25) is 0 Å². The predicted molar refractivity (Wildman–Crippen MR) is 68.5 cm³/mol. The molecular formula is C13H17ClO3. The second kappa shape index (κ2) is 8.12. The predicted octanol–water partition coefficient (Wildman–Crippen LogP) is 2.37. The highest BCUT2D eigenvalue weighted by molar-refractivity contribution is 6.19. The Labute approximate surface area is 107 Å². The molecule has 0 bridgehead atoms. The van der Waals surface area contributed by atoms with E-state index in [-0.39, 0.29) is 6.61 Å². The van der Waals surface area contributed by atoms with Crippen LogP contribution in [0.1, 0.15) is 5.56 Å². The summed E-state index contributed by atoms with van der Waals surface area (Å²) in [5.74, 6) is 1.17. The van der Waals surface area contributed by atoms with Crippen molar-refractivity contribution in [2.75, 3.05) is 26.2 Å². The molecule has 0 aliphatic heterocycles. The van der Waals surface area contributed by atoms with Crippen LogP contribution in [-0.4, -0.2) is 31.3 Å². The van der Waals surface area contributed by atoms with Crippen molar-refractivity contribution in [3.05, 3.63) is 41.5 Å². The van der Waals surface area contributed by atoms with Crippen LogP contribution in [0.2, 0.25) is 0 Å². The molecule has 4 heteroatoms. The van der Waals surface area contributed by atoms with Crippen LogP contribution < -0.4 is 4.74 Å². The number of methoxy groups -OCH3 is 1. The van der Waals surface area contributed by atoms with Crippen molar-refractivity contribution in [3.8, 4) is 5.75 Å². The van der Waals surface area contributed by atoms with Gasteiger partial charge in [0.05, 0.1) is 26.9 Å². The fourth-order valence-electron chi connectivity index (χ4n) is 1.24. The summed E-state index contributed by atoms with van der Waals surface area (Å²) in [6, 6.07) is 7.70. The summed E-state index contributed by atoms with van der Waals surface area (Å²) in [6.45, 7) is 0.964. The van der Waals surface area contributed by atoms with E-state index >= 15 is 0 Å². The van der Waals surface area contributed by atoms with Crippen LogP contribution >= 0.6 is 11.6 Å². The Hall–Kier alpha value is -1.03. The van der Waals surface area contributed by atoms with Gasteiger partial charge in [0.25, 0.3) is 0 Å². The van der Waals surface area contributed by atoms with Crippen molar-refractivity contribution in [2.24, 2.45) is 0 Å². The third-order valence-electron chi connectivity index (χ3n) is 2.29. The lowest BCUT2D eigenvalue weighted by atomic mass is 10.2. The summed E-state index contributed by atoms with van der Waals surface area (Å²) in [4.78, 5) is 0. The fourth-order valence-corrected chi connectivity index (χ4v) is 1.43. The quantitative estimate of drug-likeness (QED) is 0.462. The molecule has 0 aliphatic carbocycles. The van der Waals surface area contributed by atoms with Crippen molar-refractivity contribution in [1.82, 2.24) is 0 Å². The highest BCUT2D eigenvalue weighted by Crippen LogP contribution is 2.11. The Kier molecular flexibility index (Phi) is 6.70. The number of aliphatic hydroxyl groups is 1. The van der Waals surface area contributed by atoms with E-state index in [1.54, 1.807) is 13.2 Å². The average Bonchev–Trinajstić information content (AvgIpc) is 2.40. The van der Waals surface area contributed by atoms with Gasteiger partial charge in [-0.2, -0.15) is 0 Å². The van der Waals surface area contributed by atoms with Gasteiger partial charge in [-0.25, -0.2) is 0 Å². The van der Waals surface area contributed by atoms with Gasteiger partial charge < -0.3 is 14.6 Å². The van der Waals surface area contributed by atoms with Crippen molar-refractivity contribution in [1.29, 1.82) is 0 Å². The molecule has 94 valence electrons. The molecular weight excluding hydrogens is 240 g/mol. The first kappa shape index (κ1) is 14.0. The number of benzene rings is 1. The van der Waals surface area contributed by atoms with Crippen LogP contribution in [0.25, 0.3) is 0 Å². The van der Waals surface area contributed by atoms with Crippen molar-refractivity contribution in [2.45, 2.75) is 6.61 Å². The van der Waals surface area contributed by atoms with E-state index < -0.39 is 0 Å². The zero-order chi connectivity index (χ0) is 12.5. The second-order valence-corrected chi connectivity index (χ2v) is 3.78. The van der Waals surface area contributed by atoms with E-state index in [4.69, 9.17) is 26.2 Å². The Balaban J connectivity index is 2.33. The molecule has 0 aromatic heterocycles. The molecule has 0 fully saturated rings. The monoisotopic (exact) mass is 256 g/mol. The molecule has 3 nitrogen and oxygen atoms in total. The maximum atomic E-state index is 8.88. The molecule has 0 spiro atoms. The molecule has 1 N–H and O–H groups in total. The van der Waals surface area contributed by atoms with Crippen LogP contribution in [0.4, 0.5) is 0 Å². The van der Waals surface area contributed by atoms with Crippen LogP contribution in [0, 0.1) is 0 Å². The number of hydrogen-bond donors (Lipinski definition) is 1. The van der Waals surface area contributed by atoms with Gasteiger partial charge in [0.15, 0.2) is 0 Å². The lowest BCUT2D eigenvalue weighted by molar-refractivity contribution is 0.147. The smallest absolute Gasteiger partial charge is 0.118 e. The topological polar surface area (TPSA) is 38.7 Å². The van der Waals surface area contributed by atoms with Gasteiger partial charge in [-0.05, 0) is 23.3 Å². The molecule has 0 saturated carbocycles. The molecule has 1 aromatic rings. The molecule has 0 radical (unpaired) electrons. The SMILES string of the molecule is COc1ccc(COC/C=C(/CO)CCl)cc1. The number of hydrogen-bond acceptors (Lipinski definition) is 3. The van der Waals surface area contributed by atoms with E-state index in [1.165, 1.54) is 0 Å². The molecule has 1 aromatic carbocycles. The first-order chi connectivity index (χ1) is 8.30. The van der Waals surface area contributed by atoms with Crippen molar-refractivity contribution in [3.63, 3.8) is 0 Å². The summed E-state index contributed by atoms with van der Waals surface area (Å²) in [7, 11) is 1.64. The lowest BCUT2D eigenvalue weighted by Gasteiger charge is -2.04. The van der Waals surface area contributed by atoms with Crippen LogP contribution in [0.5, 0.6) is 5.75 Å². The van der Waals surface area contributed by atoms with E-state index in [9.17, 15) is 0 Å². The van der Waals surface area contributed by atoms with Gasteiger partial charge in [-0.1, -0.05) is 18.2 Å². The van der Waals surface area contributed by atoms with E-state index in [0.717, 1.165) is 16.9 Å². The van der Waals surface area contributed by atoms with Crippen LogP contribution in [0.3, 0.4) is 0 Å². The minimum absolute atomic E-state index is 0.0185. The largest absolute Gasteiger partial charge is 0.497 e. The summed E-state index contributed by atoms with van der Waals surface area (Å²) in [5, 5.41) is 8.88. The third kappa shape index (κ3) is 5.22. The molecule has 0 aliphatic rings. The first-order valence-corrected chi connectivity index (χ1v) is 5.89. The zero-order valence-corrected chi connectivity index (χ0v) is 10.6. The third-order valence-corrected chi connectivity index (χ3v) is 2.64. The fraction of sp³-hybridized carbons (Fsp3) is 0.385. The van der Waals surface area contributed by atoms with Gasteiger partial charge in [0.1, 0.15) is 5.75 Å². The second-order valence-electron chi connectivity index (χ2n) is 3.52. The van der Waals surface area contributed by atoms with Crippen LogP contribution in [-0.2, 0) is 11.3 Å². The molecule has 0 unspecified atom stereocenters. The van der Waals surface area contributed by atoms with Gasteiger partial charge in [0, 0.05) is 5.88 Å². The van der Waals surface area contributed by atoms with Gasteiger partial charge >= 0.3 is 0 Å². The minimum Gasteiger partial charge on any atom is -0.497 e. The molecule has 0 heterocycles. The Bertz CT molecular complexity index is 340. The maximum absolute atomic E-state index is 8.88. The Morgan fingerprint density at radius 2 is 2.06 bits per heavy atom. The summed E-state index contributed by atoms with van der Waals surface area (Å²) in [6.07, 6.45) is 1.80. The van der Waals surface area contributed by atoms with E-state index in [1.807, 2.05) is 24.3 Å². The average molecular weight is 257 g/mol. The molecule has 17 heavy (non-hydrogen) atoms. The van der Waals surface area contributed by atoms with Crippen molar-refractivity contribution >= 4 is 11.6 Å². The maximum Gasteiger partial charge on any atom is 0.118 e. The first-order valence-electron chi connectivity index (χ1n) is 5.35. The summed E-state index contributed by atoms with van der Waals surface area (Å²) >= 11 is 5.60. The van der Waals surface area contributed by atoms with Crippen LogP contribution in [0.15, 0.2) is 35.9 Å². The zero-order valence-electron chi connectivity index (χ0n) is 9.86. The Morgan fingerprint density at radius 3 is 2.59 bits per heavy atom. The molecule has 0 amide bonds. The lowest BCUT2D eigenvalue weighted by Crippen LogP contribution is -1.97. The molecule has 0 atom stereocenters. The number of halogens is 1. The number of rotatable bonds is 7. The summed E-state index contributed by atoms with van der Waals surface area (Å²) in [5.41, 5.74) is 1.86. The van der Waals surface area contributed by atoms with Crippen molar-refractivity contribution < 1.29 is 14.6 Å². The normalized spacial score (nSPS) is 11.6. The highest BCUT2D eigenvalue weighted by atomic mass is 35.5. The van der Waals surface area contributed by atoms with E-state index in [0.29, 0.717) is 19.1 Å². The molecule has 0 saturated heterocycles. The minimum atomic E-state index is -0.0185.